The molecular weight excluding hydrogens is 278 g/mol. The van der Waals surface area contributed by atoms with Gasteiger partial charge in [0.25, 0.3) is 5.91 Å². The van der Waals surface area contributed by atoms with Crippen LogP contribution in [0.5, 0.6) is 0 Å². The molecule has 0 atom stereocenters. The third kappa shape index (κ3) is 4.22. The second-order valence-electron chi connectivity index (χ2n) is 5.11. The molecule has 0 radical (unpaired) electrons. The van der Waals surface area contributed by atoms with Crippen LogP contribution < -0.4 is 0 Å². The first-order chi connectivity index (χ1) is 10.1. The molecule has 2 rings (SSSR count). The van der Waals surface area contributed by atoms with E-state index in [1.54, 1.807) is 12.0 Å². The van der Waals surface area contributed by atoms with Gasteiger partial charge in [0.05, 0.1) is 0 Å². The van der Waals surface area contributed by atoms with Crippen LogP contribution in [0.3, 0.4) is 0 Å². The predicted molar refractivity (Wildman–Crippen MR) is 75.2 cm³/mol. The molecule has 1 heterocycles. The molecule has 0 bridgehead atoms. The number of hydrogen-bond acceptors (Lipinski definition) is 3. The highest BCUT2D eigenvalue weighted by Gasteiger charge is 2.22. The van der Waals surface area contributed by atoms with Crippen LogP contribution in [0.15, 0.2) is 18.2 Å². The van der Waals surface area contributed by atoms with Gasteiger partial charge >= 0.3 is 0 Å². The van der Waals surface area contributed by atoms with Gasteiger partial charge in [-0.15, -0.1) is 0 Å². The molecule has 1 aliphatic rings. The normalized spacial score (nSPS) is 16.2. The van der Waals surface area contributed by atoms with Crippen molar-refractivity contribution >= 4 is 5.91 Å². The van der Waals surface area contributed by atoms with Gasteiger partial charge in [0.2, 0.25) is 0 Å². The Labute approximate surface area is 123 Å². The quantitative estimate of drug-likeness (QED) is 0.777. The van der Waals surface area contributed by atoms with Crippen molar-refractivity contribution in [2.45, 2.75) is 6.42 Å². The molecule has 1 aliphatic heterocycles. The molecule has 1 aromatic rings. The molecule has 21 heavy (non-hydrogen) atoms. The predicted octanol–water partition coefficient (Wildman–Crippen LogP) is 1.76. The van der Waals surface area contributed by atoms with Crippen molar-refractivity contribution in [1.82, 2.24) is 9.80 Å². The van der Waals surface area contributed by atoms with Crippen LogP contribution >= 0.6 is 0 Å². The fraction of sp³-hybridized carbons (Fsp3) is 0.533. The van der Waals surface area contributed by atoms with E-state index in [4.69, 9.17) is 4.74 Å². The highest BCUT2D eigenvalue weighted by molar-refractivity contribution is 5.94. The molecule has 1 aromatic carbocycles. The van der Waals surface area contributed by atoms with Crippen molar-refractivity contribution in [3.05, 3.63) is 35.4 Å². The van der Waals surface area contributed by atoms with Gasteiger partial charge in [-0.3, -0.25) is 9.69 Å². The van der Waals surface area contributed by atoms with Crippen molar-refractivity contribution in [3.8, 4) is 0 Å². The number of carbonyl (C=O) groups is 1. The summed E-state index contributed by atoms with van der Waals surface area (Å²) in [7, 11) is 1.68. The van der Waals surface area contributed by atoms with Gasteiger partial charge < -0.3 is 9.64 Å². The zero-order valence-electron chi connectivity index (χ0n) is 12.1. The van der Waals surface area contributed by atoms with Gasteiger partial charge in [0.1, 0.15) is 0 Å². The average molecular weight is 298 g/mol. The summed E-state index contributed by atoms with van der Waals surface area (Å²) in [5.41, 5.74) is 0.196. The highest BCUT2D eigenvalue weighted by Crippen LogP contribution is 2.13. The molecule has 1 fully saturated rings. The molecule has 1 amide bonds. The van der Waals surface area contributed by atoms with Gasteiger partial charge in [-0.25, -0.2) is 8.78 Å². The summed E-state index contributed by atoms with van der Waals surface area (Å²) in [6.07, 6.45) is 0.966. The van der Waals surface area contributed by atoms with Gasteiger partial charge in [-0.05, 0) is 24.6 Å². The third-order valence-corrected chi connectivity index (χ3v) is 3.65. The summed E-state index contributed by atoms with van der Waals surface area (Å²) in [6, 6.07) is 3.28. The van der Waals surface area contributed by atoms with Crippen LogP contribution in [-0.4, -0.2) is 62.1 Å². The largest absolute Gasteiger partial charge is 0.385 e. The number of nitrogens with zero attached hydrogens (tertiary/aromatic N) is 2. The van der Waals surface area contributed by atoms with Crippen LogP contribution in [0.1, 0.15) is 16.8 Å². The Balaban J connectivity index is 1.86. The van der Waals surface area contributed by atoms with Crippen LogP contribution in [0.2, 0.25) is 0 Å². The van der Waals surface area contributed by atoms with Crippen molar-refractivity contribution in [1.29, 1.82) is 0 Å². The Morgan fingerprint density at radius 1 is 1.19 bits per heavy atom. The second kappa shape index (κ2) is 7.47. The summed E-state index contributed by atoms with van der Waals surface area (Å²) in [5.74, 6) is -2.17. The molecule has 0 aliphatic carbocycles. The van der Waals surface area contributed by atoms with Crippen LogP contribution in [0.25, 0.3) is 0 Å². The lowest BCUT2D eigenvalue weighted by molar-refractivity contribution is 0.0623. The maximum atomic E-state index is 13.2. The standard InChI is InChI=1S/C15H20F2N2O2/c1-21-10-2-5-18-6-8-19(9-7-18)15(20)12-3-4-13(16)14(17)11-12/h3-4,11H,2,5-10H2,1H3. The lowest BCUT2D eigenvalue weighted by Gasteiger charge is -2.34. The maximum absolute atomic E-state index is 13.2. The van der Waals surface area contributed by atoms with E-state index < -0.39 is 11.6 Å². The minimum Gasteiger partial charge on any atom is -0.385 e. The smallest absolute Gasteiger partial charge is 0.254 e. The zero-order valence-corrected chi connectivity index (χ0v) is 12.1. The summed E-state index contributed by atoms with van der Waals surface area (Å²) >= 11 is 0. The molecular formula is C15H20F2N2O2. The summed E-state index contributed by atoms with van der Waals surface area (Å²) < 4.78 is 31.1. The summed E-state index contributed by atoms with van der Waals surface area (Å²) in [6.45, 7) is 4.46. The minimum absolute atomic E-state index is 0.196. The summed E-state index contributed by atoms with van der Waals surface area (Å²) in [4.78, 5) is 16.2. The van der Waals surface area contributed by atoms with Gasteiger partial charge in [-0.2, -0.15) is 0 Å². The monoisotopic (exact) mass is 298 g/mol. The number of benzene rings is 1. The van der Waals surface area contributed by atoms with Crippen molar-refractivity contribution in [2.75, 3.05) is 46.4 Å². The molecule has 0 N–H and O–H groups in total. The van der Waals surface area contributed by atoms with E-state index in [0.29, 0.717) is 13.1 Å². The van der Waals surface area contributed by atoms with Crippen molar-refractivity contribution in [3.63, 3.8) is 0 Å². The van der Waals surface area contributed by atoms with Gasteiger partial charge in [-0.1, -0.05) is 0 Å². The lowest BCUT2D eigenvalue weighted by Crippen LogP contribution is -2.49. The van der Waals surface area contributed by atoms with E-state index in [-0.39, 0.29) is 11.5 Å². The molecule has 4 nitrogen and oxygen atoms in total. The van der Waals surface area contributed by atoms with Crippen molar-refractivity contribution in [2.24, 2.45) is 0 Å². The number of amides is 1. The van der Waals surface area contributed by atoms with Crippen LogP contribution in [0, 0.1) is 11.6 Å². The fourth-order valence-electron chi connectivity index (χ4n) is 2.42. The second-order valence-corrected chi connectivity index (χ2v) is 5.11. The first-order valence-electron chi connectivity index (χ1n) is 7.07. The number of carbonyl (C=O) groups excluding carboxylic acids is 1. The van der Waals surface area contributed by atoms with E-state index >= 15 is 0 Å². The topological polar surface area (TPSA) is 32.8 Å². The zero-order chi connectivity index (χ0) is 15.2. The molecule has 116 valence electrons. The highest BCUT2D eigenvalue weighted by atomic mass is 19.2. The number of piperazine rings is 1. The minimum atomic E-state index is -0.987. The number of ether oxygens (including phenoxy) is 1. The van der Waals surface area contributed by atoms with E-state index in [1.807, 2.05) is 0 Å². The fourth-order valence-corrected chi connectivity index (χ4v) is 2.42. The Hall–Kier alpha value is -1.53. The van der Waals surface area contributed by atoms with E-state index in [0.717, 1.165) is 44.8 Å². The van der Waals surface area contributed by atoms with Crippen LogP contribution in [0.4, 0.5) is 8.78 Å². The first kappa shape index (κ1) is 15.9. The van der Waals surface area contributed by atoms with Crippen molar-refractivity contribution < 1.29 is 18.3 Å². The molecule has 0 aromatic heterocycles. The number of halogens is 2. The molecule has 0 saturated carbocycles. The number of hydrogen-bond donors (Lipinski definition) is 0. The lowest BCUT2D eigenvalue weighted by atomic mass is 10.1. The molecule has 6 heteroatoms. The molecule has 0 unspecified atom stereocenters. The van der Waals surface area contributed by atoms with Gasteiger partial charge in [0, 0.05) is 52.0 Å². The Bertz CT molecular complexity index is 489. The SMILES string of the molecule is COCCCN1CCN(C(=O)c2ccc(F)c(F)c2)CC1. The Kier molecular flexibility index (Phi) is 5.64. The summed E-state index contributed by atoms with van der Waals surface area (Å²) in [5, 5.41) is 0. The van der Waals surface area contributed by atoms with E-state index in [1.165, 1.54) is 6.07 Å². The Morgan fingerprint density at radius 3 is 2.52 bits per heavy atom. The van der Waals surface area contributed by atoms with E-state index in [2.05, 4.69) is 4.90 Å². The molecule has 1 saturated heterocycles. The molecule has 0 spiro atoms. The van der Waals surface area contributed by atoms with E-state index in [9.17, 15) is 13.6 Å². The Morgan fingerprint density at radius 2 is 1.90 bits per heavy atom. The van der Waals surface area contributed by atoms with Gasteiger partial charge in [0.15, 0.2) is 11.6 Å². The number of rotatable bonds is 5. The average Bonchev–Trinajstić information content (AvgIpc) is 2.50. The third-order valence-electron chi connectivity index (χ3n) is 3.65. The number of methoxy groups -OCH3 is 1. The maximum Gasteiger partial charge on any atom is 0.254 e. The first-order valence-corrected chi connectivity index (χ1v) is 7.07. The van der Waals surface area contributed by atoms with Crippen LogP contribution in [-0.2, 0) is 4.74 Å².